The summed E-state index contributed by atoms with van der Waals surface area (Å²) in [5, 5.41) is 0. The number of unbranched alkanes of at least 4 members (excludes halogenated alkanes) is 1. The Bertz CT molecular complexity index is 209. The molecule has 0 unspecified atom stereocenters. The molecule has 5 heteroatoms. The predicted octanol–water partition coefficient (Wildman–Crippen LogP) is 0.983. The summed E-state index contributed by atoms with van der Waals surface area (Å²) in [7, 11) is 0. The van der Waals surface area contributed by atoms with Gasteiger partial charge in [-0.1, -0.05) is 0 Å². The van der Waals surface area contributed by atoms with Gasteiger partial charge in [-0.05, 0) is 19.4 Å². The molecule has 82 valence electrons. The molecule has 0 saturated carbocycles. The Morgan fingerprint density at radius 2 is 2.14 bits per heavy atom. The number of halogens is 2. The number of nitrogens with zero attached hydrogens (tertiary/aromatic N) is 1. The highest BCUT2D eigenvalue weighted by Crippen LogP contribution is 2.26. The number of carbonyl (C=O) groups is 1. The number of rotatable bonds is 5. The average molecular weight is 206 g/mol. The smallest absolute Gasteiger partial charge is 0.261 e. The SMILES string of the molecule is NC(=O)CCCCN1CCC(F)(F)C1. The first kappa shape index (κ1) is 11.4. The summed E-state index contributed by atoms with van der Waals surface area (Å²) in [6.07, 6.45) is 1.77. The van der Waals surface area contributed by atoms with Gasteiger partial charge in [0.05, 0.1) is 6.54 Å². The van der Waals surface area contributed by atoms with E-state index in [2.05, 4.69) is 0 Å². The maximum atomic E-state index is 12.7. The van der Waals surface area contributed by atoms with Gasteiger partial charge in [0.25, 0.3) is 5.92 Å². The highest BCUT2D eigenvalue weighted by molar-refractivity contribution is 5.73. The maximum Gasteiger partial charge on any atom is 0.261 e. The van der Waals surface area contributed by atoms with E-state index in [4.69, 9.17) is 5.73 Å². The van der Waals surface area contributed by atoms with Gasteiger partial charge in [0, 0.05) is 19.4 Å². The van der Waals surface area contributed by atoms with Crippen LogP contribution in [0.5, 0.6) is 0 Å². The Labute approximate surface area is 82.2 Å². The number of amides is 1. The van der Waals surface area contributed by atoms with Gasteiger partial charge >= 0.3 is 0 Å². The molecule has 1 saturated heterocycles. The van der Waals surface area contributed by atoms with Gasteiger partial charge in [-0.15, -0.1) is 0 Å². The van der Waals surface area contributed by atoms with E-state index < -0.39 is 5.92 Å². The number of nitrogens with two attached hydrogens (primary N) is 1. The number of alkyl halides is 2. The fraction of sp³-hybridized carbons (Fsp3) is 0.889. The first-order valence-electron chi connectivity index (χ1n) is 4.88. The van der Waals surface area contributed by atoms with Crippen LogP contribution in [0.15, 0.2) is 0 Å². The zero-order valence-corrected chi connectivity index (χ0v) is 8.14. The molecule has 1 rings (SSSR count). The van der Waals surface area contributed by atoms with Crippen molar-refractivity contribution < 1.29 is 13.6 Å². The first-order valence-corrected chi connectivity index (χ1v) is 4.88. The van der Waals surface area contributed by atoms with Crippen molar-refractivity contribution in [1.29, 1.82) is 0 Å². The van der Waals surface area contributed by atoms with Crippen molar-refractivity contribution in [1.82, 2.24) is 4.90 Å². The lowest BCUT2D eigenvalue weighted by atomic mass is 10.2. The predicted molar refractivity (Wildman–Crippen MR) is 49.0 cm³/mol. The van der Waals surface area contributed by atoms with Gasteiger partial charge in [-0.3, -0.25) is 9.69 Å². The molecule has 0 aromatic heterocycles. The average Bonchev–Trinajstić information content (AvgIpc) is 2.39. The van der Waals surface area contributed by atoms with Crippen LogP contribution in [-0.4, -0.2) is 36.4 Å². The lowest BCUT2D eigenvalue weighted by molar-refractivity contribution is -0.118. The highest BCUT2D eigenvalue weighted by Gasteiger charge is 2.37. The molecule has 0 aromatic rings. The van der Waals surface area contributed by atoms with E-state index in [9.17, 15) is 13.6 Å². The molecule has 3 nitrogen and oxygen atoms in total. The third-order valence-electron chi connectivity index (χ3n) is 2.40. The number of likely N-dealkylation sites (tertiary alicyclic amines) is 1. The molecule has 0 aliphatic carbocycles. The molecule has 1 fully saturated rings. The summed E-state index contributed by atoms with van der Waals surface area (Å²) in [6, 6.07) is 0. The molecule has 1 amide bonds. The molecule has 0 spiro atoms. The summed E-state index contributed by atoms with van der Waals surface area (Å²) >= 11 is 0. The van der Waals surface area contributed by atoms with E-state index in [0.717, 1.165) is 6.42 Å². The number of primary amides is 1. The normalized spacial score (nSPS) is 21.3. The van der Waals surface area contributed by atoms with Crippen LogP contribution in [0.4, 0.5) is 8.78 Å². The van der Waals surface area contributed by atoms with E-state index in [1.165, 1.54) is 0 Å². The highest BCUT2D eigenvalue weighted by atomic mass is 19.3. The van der Waals surface area contributed by atoms with E-state index in [1.54, 1.807) is 4.90 Å². The maximum absolute atomic E-state index is 12.7. The molecular formula is C9H16F2N2O. The molecule has 0 radical (unpaired) electrons. The van der Waals surface area contributed by atoms with Crippen molar-refractivity contribution >= 4 is 5.91 Å². The van der Waals surface area contributed by atoms with Crippen LogP contribution < -0.4 is 5.73 Å². The van der Waals surface area contributed by atoms with Crippen molar-refractivity contribution in [3.63, 3.8) is 0 Å². The minimum atomic E-state index is -2.51. The Balaban J connectivity index is 2.06. The molecular weight excluding hydrogens is 190 g/mol. The van der Waals surface area contributed by atoms with Gasteiger partial charge in [-0.25, -0.2) is 8.78 Å². The van der Waals surface area contributed by atoms with E-state index in [1.807, 2.05) is 0 Å². The van der Waals surface area contributed by atoms with Crippen molar-refractivity contribution in [2.45, 2.75) is 31.6 Å². The summed E-state index contributed by atoms with van der Waals surface area (Å²) in [5.74, 6) is -2.83. The Hall–Kier alpha value is -0.710. The van der Waals surface area contributed by atoms with Gasteiger partial charge in [0.15, 0.2) is 0 Å². The van der Waals surface area contributed by atoms with E-state index >= 15 is 0 Å². The zero-order chi connectivity index (χ0) is 10.6. The van der Waals surface area contributed by atoms with Crippen LogP contribution in [0, 0.1) is 0 Å². The van der Waals surface area contributed by atoms with Crippen LogP contribution in [0.25, 0.3) is 0 Å². The Morgan fingerprint density at radius 3 is 2.64 bits per heavy atom. The first-order chi connectivity index (χ1) is 6.49. The molecule has 14 heavy (non-hydrogen) atoms. The van der Waals surface area contributed by atoms with Crippen LogP contribution in [0.3, 0.4) is 0 Å². The lowest BCUT2D eigenvalue weighted by Gasteiger charge is -2.14. The van der Waals surface area contributed by atoms with Crippen LogP contribution in [0.2, 0.25) is 0 Å². The molecule has 2 N–H and O–H groups in total. The van der Waals surface area contributed by atoms with Crippen LogP contribution in [-0.2, 0) is 4.79 Å². The zero-order valence-electron chi connectivity index (χ0n) is 8.14. The Kier molecular flexibility index (Phi) is 3.80. The number of hydrogen-bond acceptors (Lipinski definition) is 2. The minimum Gasteiger partial charge on any atom is -0.370 e. The molecule has 1 aliphatic rings. The largest absolute Gasteiger partial charge is 0.370 e. The lowest BCUT2D eigenvalue weighted by Crippen LogP contribution is -2.26. The third kappa shape index (κ3) is 4.00. The number of hydrogen-bond donors (Lipinski definition) is 1. The summed E-state index contributed by atoms with van der Waals surface area (Å²) in [5.41, 5.74) is 4.96. The van der Waals surface area contributed by atoms with Crippen molar-refractivity contribution in [3.8, 4) is 0 Å². The minimum absolute atomic E-state index is 0.0389. The van der Waals surface area contributed by atoms with E-state index in [-0.39, 0.29) is 18.9 Å². The second kappa shape index (κ2) is 4.68. The second-order valence-electron chi connectivity index (χ2n) is 3.81. The summed E-state index contributed by atoms with van der Waals surface area (Å²) in [4.78, 5) is 12.1. The van der Waals surface area contributed by atoms with Crippen LogP contribution >= 0.6 is 0 Å². The van der Waals surface area contributed by atoms with Crippen molar-refractivity contribution in [2.75, 3.05) is 19.6 Å². The van der Waals surface area contributed by atoms with Gasteiger partial charge < -0.3 is 5.73 Å². The molecule has 1 heterocycles. The molecule has 0 aromatic carbocycles. The monoisotopic (exact) mass is 206 g/mol. The van der Waals surface area contributed by atoms with Crippen LogP contribution in [0.1, 0.15) is 25.7 Å². The fourth-order valence-corrected chi connectivity index (χ4v) is 1.63. The fourth-order valence-electron chi connectivity index (χ4n) is 1.63. The molecule has 0 bridgehead atoms. The number of carbonyl (C=O) groups excluding carboxylic acids is 1. The van der Waals surface area contributed by atoms with E-state index in [0.29, 0.717) is 25.9 Å². The Morgan fingerprint density at radius 1 is 1.43 bits per heavy atom. The molecule has 0 atom stereocenters. The van der Waals surface area contributed by atoms with Gasteiger partial charge in [0.2, 0.25) is 5.91 Å². The third-order valence-corrected chi connectivity index (χ3v) is 2.40. The van der Waals surface area contributed by atoms with Gasteiger partial charge in [0.1, 0.15) is 0 Å². The second-order valence-corrected chi connectivity index (χ2v) is 3.81. The molecule has 1 aliphatic heterocycles. The van der Waals surface area contributed by atoms with Crippen molar-refractivity contribution in [2.24, 2.45) is 5.73 Å². The summed E-state index contributed by atoms with van der Waals surface area (Å²) in [6.45, 7) is 0.968. The standard InChI is InChI=1S/C9H16F2N2O/c10-9(11)4-6-13(7-9)5-2-1-3-8(12)14/h1-7H2,(H2,12,14). The quantitative estimate of drug-likeness (QED) is 0.682. The van der Waals surface area contributed by atoms with Gasteiger partial charge in [-0.2, -0.15) is 0 Å². The topological polar surface area (TPSA) is 46.3 Å². The van der Waals surface area contributed by atoms with Crippen molar-refractivity contribution in [3.05, 3.63) is 0 Å². The summed E-state index contributed by atoms with van der Waals surface area (Å²) < 4.78 is 25.4.